The Kier molecular flexibility index (Phi) is 3.83. The Labute approximate surface area is 145 Å². The number of aromatic nitrogens is 5. The van der Waals surface area contributed by atoms with E-state index in [9.17, 15) is 4.79 Å². The van der Waals surface area contributed by atoms with Crippen LogP contribution >= 0.6 is 0 Å². The number of hydrogen-bond donors (Lipinski definition) is 0. The van der Waals surface area contributed by atoms with Crippen LogP contribution in [0.2, 0.25) is 0 Å². The van der Waals surface area contributed by atoms with Crippen LogP contribution < -0.4 is 0 Å². The van der Waals surface area contributed by atoms with Crippen molar-refractivity contribution in [3.8, 4) is 5.69 Å². The zero-order valence-corrected chi connectivity index (χ0v) is 14.2. The summed E-state index contributed by atoms with van der Waals surface area (Å²) in [5.41, 5.74) is 3.50. The van der Waals surface area contributed by atoms with Crippen LogP contribution in [0, 0.1) is 13.8 Å². The highest BCUT2D eigenvalue weighted by Gasteiger charge is 2.28. The zero-order chi connectivity index (χ0) is 17.4. The number of hydrogen-bond acceptors (Lipinski definition) is 5. The average molecular weight is 337 g/mol. The molecule has 0 aliphatic heterocycles. The van der Waals surface area contributed by atoms with Gasteiger partial charge in [0.25, 0.3) is 0 Å². The number of benzene rings is 1. The molecule has 3 aromatic rings. The molecule has 4 rings (SSSR count). The molecule has 0 atom stereocenters. The van der Waals surface area contributed by atoms with E-state index in [1.54, 1.807) is 4.68 Å². The van der Waals surface area contributed by atoms with Crippen LogP contribution in [-0.4, -0.2) is 30.7 Å². The zero-order valence-electron chi connectivity index (χ0n) is 14.2. The minimum atomic E-state index is -0.345. The SMILES string of the molecule is Cc1cc(C(=O)OCc2nnnn2-c2ccccc2)c(C)n1C1CC1. The van der Waals surface area contributed by atoms with Gasteiger partial charge >= 0.3 is 5.97 Å². The van der Waals surface area contributed by atoms with Crippen molar-refractivity contribution < 1.29 is 9.53 Å². The molecule has 7 nitrogen and oxygen atoms in total. The van der Waals surface area contributed by atoms with Crippen molar-refractivity contribution in [3.05, 3.63) is 59.2 Å². The van der Waals surface area contributed by atoms with Crippen molar-refractivity contribution in [2.75, 3.05) is 0 Å². The fraction of sp³-hybridized carbons (Fsp3) is 0.333. The Morgan fingerprint density at radius 3 is 2.72 bits per heavy atom. The molecule has 1 fully saturated rings. The van der Waals surface area contributed by atoms with E-state index in [4.69, 9.17) is 4.74 Å². The summed E-state index contributed by atoms with van der Waals surface area (Å²) in [6.07, 6.45) is 2.35. The van der Waals surface area contributed by atoms with Crippen molar-refractivity contribution in [1.29, 1.82) is 0 Å². The molecule has 0 bridgehead atoms. The number of carbonyl (C=O) groups excluding carboxylic acids is 1. The maximum Gasteiger partial charge on any atom is 0.340 e. The van der Waals surface area contributed by atoms with Gasteiger partial charge in [-0.15, -0.1) is 5.10 Å². The van der Waals surface area contributed by atoms with Crippen molar-refractivity contribution in [3.63, 3.8) is 0 Å². The average Bonchev–Trinajstić information content (AvgIpc) is 3.25. The van der Waals surface area contributed by atoms with E-state index in [1.807, 2.05) is 50.2 Å². The predicted molar refractivity (Wildman–Crippen MR) is 90.5 cm³/mol. The number of rotatable bonds is 5. The van der Waals surface area contributed by atoms with E-state index in [0.29, 0.717) is 17.4 Å². The first-order valence-corrected chi connectivity index (χ1v) is 8.33. The third-order valence-corrected chi connectivity index (χ3v) is 4.48. The van der Waals surface area contributed by atoms with Crippen molar-refractivity contribution >= 4 is 5.97 Å². The molecule has 0 radical (unpaired) electrons. The Bertz CT molecular complexity index is 909. The van der Waals surface area contributed by atoms with Gasteiger partial charge in [0.15, 0.2) is 12.4 Å². The first-order chi connectivity index (χ1) is 12.1. The summed E-state index contributed by atoms with van der Waals surface area (Å²) in [6.45, 7) is 4.02. The second kappa shape index (κ2) is 6.16. The highest BCUT2D eigenvalue weighted by molar-refractivity contribution is 5.91. The summed E-state index contributed by atoms with van der Waals surface area (Å²) >= 11 is 0. The van der Waals surface area contributed by atoms with Gasteiger partial charge in [-0.25, -0.2) is 4.79 Å². The molecule has 0 unspecified atom stereocenters. The molecule has 0 N–H and O–H groups in total. The first-order valence-electron chi connectivity index (χ1n) is 8.33. The van der Waals surface area contributed by atoms with Gasteiger partial charge in [0.1, 0.15) is 0 Å². The normalized spacial score (nSPS) is 13.8. The van der Waals surface area contributed by atoms with Gasteiger partial charge < -0.3 is 9.30 Å². The molecule has 0 amide bonds. The van der Waals surface area contributed by atoms with E-state index >= 15 is 0 Å². The smallest absolute Gasteiger partial charge is 0.340 e. The van der Waals surface area contributed by atoms with Crippen LogP contribution in [0.4, 0.5) is 0 Å². The third kappa shape index (κ3) is 2.93. The Morgan fingerprint density at radius 2 is 2.00 bits per heavy atom. The maximum atomic E-state index is 12.5. The second-order valence-electron chi connectivity index (χ2n) is 6.30. The molecule has 1 aromatic carbocycles. The molecule has 2 aromatic heterocycles. The number of para-hydroxylation sites is 1. The summed E-state index contributed by atoms with van der Waals surface area (Å²) in [4.78, 5) is 12.5. The van der Waals surface area contributed by atoms with Crippen LogP contribution in [0.15, 0.2) is 36.4 Å². The van der Waals surface area contributed by atoms with Gasteiger partial charge in [-0.05, 0) is 55.3 Å². The lowest BCUT2D eigenvalue weighted by Gasteiger charge is -2.08. The minimum absolute atomic E-state index is 0.0217. The summed E-state index contributed by atoms with van der Waals surface area (Å²) in [7, 11) is 0. The molecular weight excluding hydrogens is 318 g/mol. The summed E-state index contributed by atoms with van der Waals surface area (Å²) in [5.74, 6) is 0.137. The van der Waals surface area contributed by atoms with E-state index in [-0.39, 0.29) is 12.6 Å². The highest BCUT2D eigenvalue weighted by Crippen LogP contribution is 2.38. The van der Waals surface area contributed by atoms with Gasteiger partial charge in [-0.2, -0.15) is 4.68 Å². The van der Waals surface area contributed by atoms with Crippen molar-refractivity contribution in [1.82, 2.24) is 24.8 Å². The second-order valence-corrected chi connectivity index (χ2v) is 6.30. The standard InChI is InChI=1S/C18H19N5O2/c1-12-10-16(13(2)22(12)14-8-9-14)18(24)25-11-17-19-20-21-23(17)15-6-4-3-5-7-15/h3-7,10,14H,8-9,11H2,1-2H3. The van der Waals surface area contributed by atoms with Crippen LogP contribution in [0.25, 0.3) is 5.69 Å². The number of esters is 1. The molecular formula is C18H19N5O2. The molecule has 128 valence electrons. The topological polar surface area (TPSA) is 74.8 Å². The number of carbonyl (C=O) groups is 1. The van der Waals surface area contributed by atoms with Crippen LogP contribution in [0.3, 0.4) is 0 Å². The molecule has 1 aliphatic rings. The van der Waals surface area contributed by atoms with Gasteiger partial charge in [0, 0.05) is 17.4 Å². The lowest BCUT2D eigenvalue weighted by Crippen LogP contribution is -2.11. The maximum absolute atomic E-state index is 12.5. The van der Waals surface area contributed by atoms with Gasteiger partial charge in [-0.3, -0.25) is 0 Å². The fourth-order valence-electron chi connectivity index (χ4n) is 3.15. The minimum Gasteiger partial charge on any atom is -0.454 e. The summed E-state index contributed by atoms with van der Waals surface area (Å²) < 4.78 is 9.27. The predicted octanol–water partition coefficient (Wildman–Crippen LogP) is 2.77. The van der Waals surface area contributed by atoms with Crippen LogP contribution in [0.1, 0.15) is 46.5 Å². The Morgan fingerprint density at radius 1 is 1.24 bits per heavy atom. The van der Waals surface area contributed by atoms with Crippen molar-refractivity contribution in [2.45, 2.75) is 39.3 Å². The number of ether oxygens (including phenoxy) is 1. The monoisotopic (exact) mass is 337 g/mol. The van der Waals surface area contributed by atoms with Gasteiger partial charge in [0.2, 0.25) is 0 Å². The lowest BCUT2D eigenvalue weighted by atomic mass is 10.2. The van der Waals surface area contributed by atoms with E-state index in [0.717, 1.165) is 17.1 Å². The third-order valence-electron chi connectivity index (χ3n) is 4.48. The molecule has 0 saturated heterocycles. The first kappa shape index (κ1) is 15.6. The lowest BCUT2D eigenvalue weighted by molar-refractivity contribution is 0.0458. The van der Waals surface area contributed by atoms with Gasteiger partial charge in [0.05, 0.1) is 11.3 Å². The van der Waals surface area contributed by atoms with Gasteiger partial charge in [-0.1, -0.05) is 18.2 Å². The Balaban J connectivity index is 1.50. The molecule has 1 saturated carbocycles. The quantitative estimate of drug-likeness (QED) is 0.669. The summed E-state index contributed by atoms with van der Waals surface area (Å²) in [6, 6.07) is 11.9. The van der Waals surface area contributed by atoms with Crippen LogP contribution in [0.5, 0.6) is 0 Å². The highest BCUT2D eigenvalue weighted by atomic mass is 16.5. The number of aryl methyl sites for hydroxylation is 1. The van der Waals surface area contributed by atoms with E-state index in [1.165, 1.54) is 12.8 Å². The van der Waals surface area contributed by atoms with E-state index in [2.05, 4.69) is 20.1 Å². The largest absolute Gasteiger partial charge is 0.454 e. The van der Waals surface area contributed by atoms with Crippen LogP contribution in [-0.2, 0) is 11.3 Å². The molecule has 7 heteroatoms. The van der Waals surface area contributed by atoms with Crippen molar-refractivity contribution in [2.24, 2.45) is 0 Å². The Hall–Kier alpha value is -2.96. The van der Waals surface area contributed by atoms with E-state index < -0.39 is 0 Å². The molecule has 25 heavy (non-hydrogen) atoms. The number of tetrazole rings is 1. The molecule has 2 heterocycles. The fourth-order valence-corrected chi connectivity index (χ4v) is 3.15. The summed E-state index contributed by atoms with van der Waals surface area (Å²) in [5, 5.41) is 11.6. The number of nitrogens with zero attached hydrogens (tertiary/aromatic N) is 5. The molecule has 0 spiro atoms. The molecule has 1 aliphatic carbocycles.